The lowest BCUT2D eigenvalue weighted by Gasteiger charge is -2.41. The predicted molar refractivity (Wildman–Crippen MR) is 124 cm³/mol. The Hall–Kier alpha value is -1.49. The van der Waals surface area contributed by atoms with Gasteiger partial charge in [-0.2, -0.15) is 0 Å². The Balaban J connectivity index is 1.57. The first-order valence-electron chi connectivity index (χ1n) is 11.3. The molecule has 0 saturated heterocycles. The van der Waals surface area contributed by atoms with E-state index in [0.29, 0.717) is 18.9 Å². The van der Waals surface area contributed by atoms with Crippen LogP contribution in [0.1, 0.15) is 58.4 Å². The van der Waals surface area contributed by atoms with E-state index in [9.17, 15) is 9.32 Å². The summed E-state index contributed by atoms with van der Waals surface area (Å²) in [7, 11) is -1.25. The number of aliphatic hydroxyl groups is 1. The Morgan fingerprint density at radius 3 is 2.80 bits per heavy atom. The number of hydrogen-bond acceptors (Lipinski definition) is 2. The van der Waals surface area contributed by atoms with E-state index < -0.39 is 11.0 Å². The second-order valence-electron chi connectivity index (χ2n) is 9.89. The molecule has 4 rings (SSSR count). The minimum atomic E-state index is -1.25. The van der Waals surface area contributed by atoms with Gasteiger partial charge in [0.05, 0.1) is 11.0 Å². The molecule has 1 aromatic rings. The quantitative estimate of drug-likeness (QED) is 0.665. The van der Waals surface area contributed by atoms with Gasteiger partial charge in [0.25, 0.3) is 0 Å². The summed E-state index contributed by atoms with van der Waals surface area (Å²) in [4.78, 5) is 0.797. The highest BCUT2D eigenvalue weighted by atomic mass is 32.2. The molecular weight excluding hydrogens is 390 g/mol. The zero-order chi connectivity index (χ0) is 21.5. The molecule has 3 nitrogen and oxygen atoms in total. The van der Waals surface area contributed by atoms with Crippen LogP contribution < -0.4 is 4.72 Å². The Morgan fingerprint density at radius 1 is 1.27 bits per heavy atom. The van der Waals surface area contributed by atoms with Gasteiger partial charge < -0.3 is 5.11 Å². The highest BCUT2D eigenvalue weighted by Crippen LogP contribution is 2.57. The Morgan fingerprint density at radius 2 is 2.07 bits per heavy atom. The molecule has 30 heavy (non-hydrogen) atoms. The Labute approximate surface area is 183 Å². The molecule has 0 radical (unpaired) electrons. The molecule has 0 aromatic heterocycles. The summed E-state index contributed by atoms with van der Waals surface area (Å²) >= 11 is 0. The molecule has 0 amide bonds. The monoisotopic (exact) mass is 425 g/mol. The molecule has 0 bridgehead atoms. The van der Waals surface area contributed by atoms with E-state index in [4.69, 9.17) is 0 Å². The molecule has 1 saturated carbocycles. The van der Waals surface area contributed by atoms with Gasteiger partial charge in [0.1, 0.15) is 11.0 Å². The highest BCUT2D eigenvalue weighted by Gasteiger charge is 2.45. The second kappa shape index (κ2) is 8.57. The first kappa shape index (κ1) is 21.7. The molecule has 0 spiro atoms. The average molecular weight is 426 g/mol. The standard InChI is InChI=1S/C26H35NO2S/c1-17(2)21-10-12-26(4)13-11-22-23(25(21)26)9-8-19(15-24(22)28)16-27-30(29)20-7-5-6-18(3)14-20/h5-9,14,17,22,24,27-28H,10-13,15-16H2,1-4H3. The molecule has 4 atom stereocenters. The number of rotatable bonds is 5. The molecule has 2 N–H and O–H groups in total. The third kappa shape index (κ3) is 4.15. The van der Waals surface area contributed by atoms with E-state index in [1.165, 1.54) is 24.8 Å². The van der Waals surface area contributed by atoms with Crippen molar-refractivity contribution in [2.75, 3.05) is 6.54 Å². The molecule has 4 heteroatoms. The van der Waals surface area contributed by atoms with Gasteiger partial charge in [-0.3, -0.25) is 0 Å². The van der Waals surface area contributed by atoms with Crippen LogP contribution in [0.2, 0.25) is 0 Å². The van der Waals surface area contributed by atoms with E-state index in [-0.39, 0.29) is 17.4 Å². The van der Waals surface area contributed by atoms with Crippen LogP contribution in [-0.4, -0.2) is 22.0 Å². The van der Waals surface area contributed by atoms with Crippen molar-refractivity contribution in [3.63, 3.8) is 0 Å². The Bertz CT molecular complexity index is 942. The van der Waals surface area contributed by atoms with E-state index in [0.717, 1.165) is 22.5 Å². The fraction of sp³-hybridized carbons (Fsp3) is 0.538. The fourth-order valence-electron chi connectivity index (χ4n) is 5.62. The van der Waals surface area contributed by atoms with Crippen LogP contribution in [0.4, 0.5) is 0 Å². The lowest BCUT2D eigenvalue weighted by Crippen LogP contribution is -2.33. The molecule has 1 fully saturated rings. The van der Waals surface area contributed by atoms with Crippen molar-refractivity contribution < 1.29 is 9.32 Å². The SMILES string of the molecule is Cc1cccc(S(=O)NCC2=CC=C3C4=C(C(C)C)CCC4(C)CCC3C(O)C2)c1. The minimum Gasteiger partial charge on any atom is -0.392 e. The molecule has 1 aromatic carbocycles. The van der Waals surface area contributed by atoms with Crippen molar-refractivity contribution in [3.8, 4) is 0 Å². The summed E-state index contributed by atoms with van der Waals surface area (Å²) < 4.78 is 15.8. The number of aryl methyl sites for hydroxylation is 1. The summed E-state index contributed by atoms with van der Waals surface area (Å²) in [6.45, 7) is 9.56. The number of aliphatic hydroxyl groups excluding tert-OH is 1. The molecule has 162 valence electrons. The lowest BCUT2D eigenvalue weighted by atomic mass is 9.64. The predicted octanol–water partition coefficient (Wildman–Crippen LogP) is 5.39. The summed E-state index contributed by atoms with van der Waals surface area (Å²) in [6.07, 6.45) is 9.38. The van der Waals surface area contributed by atoms with Crippen molar-refractivity contribution in [3.05, 3.63) is 64.3 Å². The summed E-state index contributed by atoms with van der Waals surface area (Å²) in [5.41, 5.74) is 7.00. The molecular formula is C26H35NO2S. The van der Waals surface area contributed by atoms with Crippen molar-refractivity contribution in [2.24, 2.45) is 17.3 Å². The summed E-state index contributed by atoms with van der Waals surface area (Å²) in [5.74, 6) is 0.777. The molecule has 3 aliphatic carbocycles. The lowest BCUT2D eigenvalue weighted by molar-refractivity contribution is 0.104. The van der Waals surface area contributed by atoms with Crippen LogP contribution in [-0.2, 0) is 11.0 Å². The van der Waals surface area contributed by atoms with Crippen molar-refractivity contribution in [1.29, 1.82) is 0 Å². The van der Waals surface area contributed by atoms with Crippen LogP contribution in [0.3, 0.4) is 0 Å². The van der Waals surface area contributed by atoms with Gasteiger partial charge in [0.15, 0.2) is 0 Å². The number of nitrogens with one attached hydrogen (secondary N) is 1. The van der Waals surface area contributed by atoms with E-state index >= 15 is 0 Å². The van der Waals surface area contributed by atoms with Gasteiger partial charge in [-0.25, -0.2) is 8.93 Å². The van der Waals surface area contributed by atoms with E-state index in [1.807, 2.05) is 31.2 Å². The van der Waals surface area contributed by atoms with Gasteiger partial charge in [-0.1, -0.05) is 56.2 Å². The first-order chi connectivity index (χ1) is 14.3. The fourth-order valence-corrected chi connectivity index (χ4v) is 6.60. The van der Waals surface area contributed by atoms with Crippen LogP contribution in [0.5, 0.6) is 0 Å². The Kier molecular flexibility index (Phi) is 6.20. The zero-order valence-electron chi connectivity index (χ0n) is 18.7. The normalized spacial score (nSPS) is 29.8. The zero-order valence-corrected chi connectivity index (χ0v) is 19.5. The van der Waals surface area contributed by atoms with Crippen molar-refractivity contribution >= 4 is 11.0 Å². The maximum absolute atomic E-state index is 12.7. The first-order valence-corrected chi connectivity index (χ1v) is 12.5. The van der Waals surface area contributed by atoms with Gasteiger partial charge >= 0.3 is 0 Å². The molecule has 4 unspecified atom stereocenters. The van der Waals surface area contributed by atoms with Gasteiger partial charge in [0, 0.05) is 12.5 Å². The van der Waals surface area contributed by atoms with Crippen LogP contribution in [0.25, 0.3) is 0 Å². The number of benzene rings is 1. The van der Waals surface area contributed by atoms with Gasteiger partial charge in [-0.15, -0.1) is 0 Å². The molecule has 0 aliphatic heterocycles. The van der Waals surface area contributed by atoms with Crippen LogP contribution in [0.15, 0.2) is 63.6 Å². The summed E-state index contributed by atoms with van der Waals surface area (Å²) in [5, 5.41) is 11.1. The third-order valence-electron chi connectivity index (χ3n) is 7.33. The van der Waals surface area contributed by atoms with Crippen LogP contribution in [0, 0.1) is 24.2 Å². The average Bonchev–Trinajstić information content (AvgIpc) is 2.98. The van der Waals surface area contributed by atoms with Gasteiger partial charge in [-0.05, 0) is 79.2 Å². The number of fused-ring (bicyclic) bond motifs is 3. The maximum Gasteiger partial charge on any atom is 0.125 e. The largest absolute Gasteiger partial charge is 0.392 e. The second-order valence-corrected chi connectivity index (χ2v) is 11.2. The third-order valence-corrected chi connectivity index (χ3v) is 8.42. The van der Waals surface area contributed by atoms with Crippen LogP contribution >= 0.6 is 0 Å². The summed E-state index contributed by atoms with van der Waals surface area (Å²) in [6, 6.07) is 7.79. The minimum absolute atomic E-state index is 0.218. The highest BCUT2D eigenvalue weighted by molar-refractivity contribution is 7.83. The molecule has 3 aliphatic rings. The molecule has 0 heterocycles. The van der Waals surface area contributed by atoms with E-state index in [2.05, 4.69) is 37.6 Å². The van der Waals surface area contributed by atoms with Crippen molar-refractivity contribution in [2.45, 2.75) is 70.8 Å². The van der Waals surface area contributed by atoms with Gasteiger partial charge in [0.2, 0.25) is 0 Å². The van der Waals surface area contributed by atoms with E-state index in [1.54, 1.807) is 11.1 Å². The number of allylic oxidation sites excluding steroid dienone is 4. The maximum atomic E-state index is 12.7. The topological polar surface area (TPSA) is 49.3 Å². The smallest absolute Gasteiger partial charge is 0.125 e. The number of hydrogen-bond donors (Lipinski definition) is 2. The van der Waals surface area contributed by atoms with Crippen molar-refractivity contribution in [1.82, 2.24) is 4.72 Å².